The van der Waals surface area contributed by atoms with Crippen LogP contribution >= 0.6 is 11.6 Å². The van der Waals surface area contributed by atoms with Gasteiger partial charge in [-0.25, -0.2) is 8.42 Å². The number of fused-ring (bicyclic) bond motifs is 1. The van der Waals surface area contributed by atoms with Gasteiger partial charge in [-0.3, -0.25) is 9.10 Å². The van der Waals surface area contributed by atoms with E-state index >= 15 is 0 Å². The van der Waals surface area contributed by atoms with Crippen LogP contribution in [0.15, 0.2) is 77.7 Å². The minimum absolute atomic E-state index is 0.146. The average molecular weight is 443 g/mol. The number of nitrogens with zero attached hydrogens (tertiary/aromatic N) is 1. The first-order valence-corrected chi connectivity index (χ1v) is 11.1. The van der Waals surface area contributed by atoms with Crippen molar-refractivity contribution in [2.75, 3.05) is 16.2 Å². The van der Waals surface area contributed by atoms with Gasteiger partial charge >= 0.3 is 0 Å². The van der Waals surface area contributed by atoms with Gasteiger partial charge in [0.05, 0.1) is 17.1 Å². The molecule has 1 heterocycles. The van der Waals surface area contributed by atoms with Crippen LogP contribution in [0.5, 0.6) is 5.75 Å². The SMILES string of the molecule is Cc1ccc(S(=O)(=O)N2C[C@@H](C(=O)Nc3ccc(Cl)cc3)Oc3ccccc32)cc1. The smallest absolute Gasteiger partial charge is 0.267 e. The minimum Gasteiger partial charge on any atom is -0.476 e. The highest BCUT2D eigenvalue weighted by atomic mass is 35.5. The average Bonchev–Trinajstić information content (AvgIpc) is 2.74. The molecule has 1 N–H and O–H groups in total. The Bertz CT molecular complexity index is 1180. The number of carbonyl (C=O) groups excluding carboxylic acids is 1. The Morgan fingerprint density at radius 2 is 1.70 bits per heavy atom. The number of anilines is 2. The van der Waals surface area contributed by atoms with Crippen molar-refractivity contribution < 1.29 is 17.9 Å². The first-order valence-electron chi connectivity index (χ1n) is 9.26. The number of benzene rings is 3. The van der Waals surface area contributed by atoms with Gasteiger partial charge in [-0.05, 0) is 55.5 Å². The van der Waals surface area contributed by atoms with Crippen molar-refractivity contribution in [3.05, 3.63) is 83.4 Å². The maximum atomic E-state index is 13.3. The van der Waals surface area contributed by atoms with Gasteiger partial charge in [0.2, 0.25) is 0 Å². The van der Waals surface area contributed by atoms with Crippen LogP contribution in [0.1, 0.15) is 5.56 Å². The molecule has 1 amide bonds. The number of hydrogen-bond acceptors (Lipinski definition) is 4. The number of para-hydroxylation sites is 2. The molecular weight excluding hydrogens is 424 g/mol. The van der Waals surface area contributed by atoms with Gasteiger partial charge in [-0.1, -0.05) is 41.4 Å². The monoisotopic (exact) mass is 442 g/mol. The van der Waals surface area contributed by atoms with E-state index in [4.69, 9.17) is 16.3 Å². The third-order valence-electron chi connectivity index (χ3n) is 4.75. The van der Waals surface area contributed by atoms with Crippen molar-refractivity contribution in [2.24, 2.45) is 0 Å². The first kappa shape index (κ1) is 20.3. The molecule has 3 aromatic carbocycles. The first-order chi connectivity index (χ1) is 14.3. The molecule has 0 unspecified atom stereocenters. The maximum absolute atomic E-state index is 13.3. The lowest BCUT2D eigenvalue weighted by Crippen LogP contribution is -2.48. The highest BCUT2D eigenvalue weighted by Gasteiger charge is 2.37. The number of aryl methyl sites for hydroxylation is 1. The highest BCUT2D eigenvalue weighted by Crippen LogP contribution is 2.37. The third-order valence-corrected chi connectivity index (χ3v) is 6.79. The number of amides is 1. The Kier molecular flexibility index (Phi) is 5.40. The summed E-state index contributed by atoms with van der Waals surface area (Å²) < 4.78 is 33.7. The Morgan fingerprint density at radius 1 is 1.03 bits per heavy atom. The predicted octanol–water partition coefficient (Wildman–Crippen LogP) is 4.24. The maximum Gasteiger partial charge on any atom is 0.267 e. The Hall–Kier alpha value is -3.03. The van der Waals surface area contributed by atoms with Crippen LogP contribution in [-0.4, -0.2) is 27.0 Å². The van der Waals surface area contributed by atoms with Crippen LogP contribution in [0.4, 0.5) is 11.4 Å². The number of ether oxygens (including phenoxy) is 1. The third kappa shape index (κ3) is 3.99. The molecule has 8 heteroatoms. The lowest BCUT2D eigenvalue weighted by atomic mass is 10.2. The molecule has 0 fully saturated rings. The second kappa shape index (κ2) is 8.01. The van der Waals surface area contributed by atoms with E-state index in [1.54, 1.807) is 72.8 Å². The van der Waals surface area contributed by atoms with Crippen molar-refractivity contribution in [2.45, 2.75) is 17.9 Å². The van der Waals surface area contributed by atoms with Crippen molar-refractivity contribution >= 4 is 38.9 Å². The van der Waals surface area contributed by atoms with E-state index in [0.29, 0.717) is 22.1 Å². The minimum atomic E-state index is -3.88. The number of carbonyl (C=O) groups is 1. The lowest BCUT2D eigenvalue weighted by molar-refractivity contribution is -0.122. The van der Waals surface area contributed by atoms with Crippen LogP contribution < -0.4 is 14.4 Å². The topological polar surface area (TPSA) is 75.7 Å². The van der Waals surface area contributed by atoms with E-state index in [-0.39, 0.29) is 11.4 Å². The van der Waals surface area contributed by atoms with Gasteiger partial charge in [-0.15, -0.1) is 0 Å². The molecule has 4 rings (SSSR count). The molecule has 0 saturated heterocycles. The Balaban J connectivity index is 1.66. The van der Waals surface area contributed by atoms with Crippen molar-refractivity contribution in [3.8, 4) is 5.75 Å². The summed E-state index contributed by atoms with van der Waals surface area (Å²) in [4.78, 5) is 13.0. The van der Waals surface area contributed by atoms with Crippen LogP contribution in [0.2, 0.25) is 5.02 Å². The number of hydrogen-bond donors (Lipinski definition) is 1. The quantitative estimate of drug-likeness (QED) is 0.655. The van der Waals surface area contributed by atoms with Gasteiger partial charge in [-0.2, -0.15) is 0 Å². The van der Waals surface area contributed by atoms with Crippen LogP contribution in [0.25, 0.3) is 0 Å². The van der Waals surface area contributed by atoms with Gasteiger partial charge in [0, 0.05) is 10.7 Å². The molecule has 1 atom stereocenters. The van der Waals surface area contributed by atoms with Crippen LogP contribution in [-0.2, 0) is 14.8 Å². The largest absolute Gasteiger partial charge is 0.476 e. The number of sulfonamides is 1. The predicted molar refractivity (Wildman–Crippen MR) is 117 cm³/mol. The standard InChI is InChI=1S/C22H19ClN2O4S/c1-15-6-12-18(13-7-15)30(27,28)25-14-21(29-20-5-3-2-4-19(20)25)22(26)24-17-10-8-16(23)9-11-17/h2-13,21H,14H2,1H3,(H,24,26)/t21-/m0/s1. The number of nitrogens with one attached hydrogen (secondary N) is 1. The Labute approximate surface area is 180 Å². The summed E-state index contributed by atoms with van der Waals surface area (Å²) in [6.07, 6.45) is -1.02. The van der Waals surface area contributed by atoms with E-state index in [1.165, 1.54) is 4.31 Å². The highest BCUT2D eigenvalue weighted by molar-refractivity contribution is 7.92. The summed E-state index contributed by atoms with van der Waals surface area (Å²) in [5.74, 6) is -0.119. The van der Waals surface area contributed by atoms with Gasteiger partial charge < -0.3 is 10.1 Å². The zero-order chi connectivity index (χ0) is 21.3. The zero-order valence-electron chi connectivity index (χ0n) is 16.1. The van der Waals surface area contributed by atoms with Crippen molar-refractivity contribution in [1.29, 1.82) is 0 Å². The molecule has 0 aromatic heterocycles. The molecular formula is C22H19ClN2O4S. The summed E-state index contributed by atoms with van der Waals surface area (Å²) in [5, 5.41) is 3.29. The van der Waals surface area contributed by atoms with Crippen LogP contribution in [0, 0.1) is 6.92 Å². The van der Waals surface area contributed by atoms with E-state index in [2.05, 4.69) is 5.32 Å². The van der Waals surface area contributed by atoms with Crippen molar-refractivity contribution in [1.82, 2.24) is 0 Å². The normalized spacial score (nSPS) is 15.8. The molecule has 1 aliphatic rings. The van der Waals surface area contributed by atoms with E-state index in [9.17, 15) is 13.2 Å². The summed E-state index contributed by atoms with van der Waals surface area (Å²) >= 11 is 5.88. The fraction of sp³-hybridized carbons (Fsp3) is 0.136. The molecule has 0 saturated carbocycles. The fourth-order valence-electron chi connectivity index (χ4n) is 3.16. The second-order valence-corrected chi connectivity index (χ2v) is 9.22. The summed E-state index contributed by atoms with van der Waals surface area (Å²) in [6.45, 7) is 1.74. The number of halogens is 1. The summed E-state index contributed by atoms with van der Waals surface area (Å²) in [7, 11) is -3.88. The molecule has 0 radical (unpaired) electrons. The molecule has 154 valence electrons. The van der Waals surface area contributed by atoms with Gasteiger partial charge in [0.25, 0.3) is 15.9 Å². The fourth-order valence-corrected chi connectivity index (χ4v) is 4.76. The van der Waals surface area contributed by atoms with E-state index in [1.807, 2.05) is 6.92 Å². The molecule has 0 spiro atoms. The summed E-state index contributed by atoms with van der Waals surface area (Å²) in [6, 6.07) is 20.0. The van der Waals surface area contributed by atoms with Crippen molar-refractivity contribution in [3.63, 3.8) is 0 Å². The van der Waals surface area contributed by atoms with E-state index in [0.717, 1.165) is 5.56 Å². The molecule has 6 nitrogen and oxygen atoms in total. The number of rotatable bonds is 4. The van der Waals surface area contributed by atoms with Gasteiger partial charge in [0.15, 0.2) is 6.10 Å². The second-order valence-electron chi connectivity index (χ2n) is 6.92. The molecule has 0 bridgehead atoms. The Morgan fingerprint density at radius 3 is 2.40 bits per heavy atom. The summed E-state index contributed by atoms with van der Waals surface area (Å²) in [5.41, 5.74) is 1.89. The molecule has 30 heavy (non-hydrogen) atoms. The van der Waals surface area contributed by atoms with Gasteiger partial charge in [0.1, 0.15) is 5.75 Å². The van der Waals surface area contributed by atoms with E-state index < -0.39 is 22.0 Å². The molecule has 0 aliphatic carbocycles. The molecule has 1 aliphatic heterocycles. The molecule has 3 aromatic rings. The zero-order valence-corrected chi connectivity index (χ0v) is 17.7. The van der Waals surface area contributed by atoms with Crippen LogP contribution in [0.3, 0.4) is 0 Å². The lowest BCUT2D eigenvalue weighted by Gasteiger charge is -2.34.